The van der Waals surface area contributed by atoms with Crippen LogP contribution in [0.4, 0.5) is 0 Å². The van der Waals surface area contributed by atoms with E-state index in [1.807, 2.05) is 0 Å². The van der Waals surface area contributed by atoms with Gasteiger partial charge in [0.05, 0.1) is 0 Å². The lowest BCUT2D eigenvalue weighted by atomic mass is 9.83. The quantitative estimate of drug-likeness (QED) is 0.495. The standard InChI is InChI=1S/C7H15N2/c1-5-6(8)3-2-4-7(5)9/h6-7H,2-4,8-9H2,1H3. The van der Waals surface area contributed by atoms with E-state index in [9.17, 15) is 0 Å². The van der Waals surface area contributed by atoms with E-state index in [-0.39, 0.29) is 12.1 Å². The topological polar surface area (TPSA) is 52.0 Å². The third kappa shape index (κ3) is 1.43. The first-order valence-electron chi connectivity index (χ1n) is 3.56. The third-order valence-electron chi connectivity index (χ3n) is 2.20. The molecular formula is C7H15N2. The molecular weight excluding hydrogens is 112 g/mol. The summed E-state index contributed by atoms with van der Waals surface area (Å²) in [4.78, 5) is 0. The number of rotatable bonds is 0. The molecule has 0 amide bonds. The highest BCUT2D eigenvalue weighted by molar-refractivity contribution is 5.06. The van der Waals surface area contributed by atoms with Gasteiger partial charge >= 0.3 is 0 Å². The Balaban J connectivity index is 2.41. The number of hydrogen-bond acceptors (Lipinski definition) is 2. The van der Waals surface area contributed by atoms with Crippen LogP contribution in [0.15, 0.2) is 0 Å². The molecule has 1 aliphatic rings. The molecule has 4 N–H and O–H groups in total. The van der Waals surface area contributed by atoms with Crippen LogP contribution < -0.4 is 11.5 Å². The molecule has 53 valence electrons. The van der Waals surface area contributed by atoms with E-state index in [1.165, 1.54) is 12.3 Å². The van der Waals surface area contributed by atoms with Crippen molar-refractivity contribution in [1.82, 2.24) is 0 Å². The Hall–Kier alpha value is -0.0800. The molecule has 1 rings (SSSR count). The van der Waals surface area contributed by atoms with Gasteiger partial charge < -0.3 is 11.5 Å². The Kier molecular flexibility index (Phi) is 2.09. The second-order valence-corrected chi connectivity index (χ2v) is 2.89. The summed E-state index contributed by atoms with van der Waals surface area (Å²) in [6.07, 6.45) is 3.44. The molecule has 1 saturated carbocycles. The normalized spacial score (nSPS) is 39.0. The summed E-state index contributed by atoms with van der Waals surface area (Å²) in [5.41, 5.74) is 11.5. The van der Waals surface area contributed by atoms with Gasteiger partial charge in [-0.3, -0.25) is 0 Å². The molecule has 2 nitrogen and oxygen atoms in total. The Morgan fingerprint density at radius 1 is 1.22 bits per heavy atom. The van der Waals surface area contributed by atoms with Gasteiger partial charge in [-0.1, -0.05) is 13.3 Å². The van der Waals surface area contributed by atoms with E-state index in [1.54, 1.807) is 0 Å². The van der Waals surface area contributed by atoms with Crippen LogP contribution in [0, 0.1) is 5.92 Å². The minimum absolute atomic E-state index is 0.272. The molecule has 2 unspecified atom stereocenters. The van der Waals surface area contributed by atoms with Gasteiger partial charge in [-0.25, -0.2) is 0 Å². The molecule has 1 fully saturated rings. The van der Waals surface area contributed by atoms with Crippen molar-refractivity contribution in [2.75, 3.05) is 0 Å². The summed E-state index contributed by atoms with van der Waals surface area (Å²) < 4.78 is 0. The van der Waals surface area contributed by atoms with Gasteiger partial charge in [-0.05, 0) is 12.8 Å². The largest absolute Gasteiger partial charge is 0.327 e. The average Bonchev–Trinajstić information content (AvgIpc) is 1.83. The van der Waals surface area contributed by atoms with Gasteiger partial charge in [-0.2, -0.15) is 0 Å². The van der Waals surface area contributed by atoms with Gasteiger partial charge in [0.15, 0.2) is 0 Å². The van der Waals surface area contributed by atoms with Crippen molar-refractivity contribution in [1.29, 1.82) is 0 Å². The maximum Gasteiger partial charge on any atom is 0.0114 e. The number of hydrogen-bond donors (Lipinski definition) is 2. The molecule has 0 bridgehead atoms. The fraction of sp³-hybridized carbons (Fsp3) is 0.857. The van der Waals surface area contributed by atoms with Gasteiger partial charge in [-0.15, -0.1) is 0 Å². The van der Waals surface area contributed by atoms with Crippen LogP contribution in [0.25, 0.3) is 0 Å². The van der Waals surface area contributed by atoms with Gasteiger partial charge in [0.25, 0.3) is 0 Å². The first kappa shape index (κ1) is 7.03. The van der Waals surface area contributed by atoms with Crippen molar-refractivity contribution in [3.8, 4) is 0 Å². The summed E-state index contributed by atoms with van der Waals surface area (Å²) in [7, 11) is 0. The van der Waals surface area contributed by atoms with Crippen LogP contribution in [-0.2, 0) is 0 Å². The van der Waals surface area contributed by atoms with Crippen molar-refractivity contribution in [3.63, 3.8) is 0 Å². The molecule has 0 heterocycles. The highest BCUT2D eigenvalue weighted by Crippen LogP contribution is 2.22. The second kappa shape index (κ2) is 2.67. The molecule has 0 saturated heterocycles. The molecule has 0 aromatic carbocycles. The zero-order chi connectivity index (χ0) is 6.85. The molecule has 1 aliphatic carbocycles. The zero-order valence-electron chi connectivity index (χ0n) is 5.93. The minimum atomic E-state index is 0.272. The Bertz CT molecular complexity index is 82.9. The highest BCUT2D eigenvalue weighted by atomic mass is 14.7. The maximum atomic E-state index is 5.75. The van der Waals surface area contributed by atoms with Crippen molar-refractivity contribution in [2.24, 2.45) is 11.5 Å². The van der Waals surface area contributed by atoms with E-state index in [2.05, 4.69) is 6.92 Å². The van der Waals surface area contributed by atoms with E-state index < -0.39 is 0 Å². The van der Waals surface area contributed by atoms with Crippen molar-refractivity contribution in [3.05, 3.63) is 5.92 Å². The van der Waals surface area contributed by atoms with Crippen LogP contribution in [0.2, 0.25) is 0 Å². The lowest BCUT2D eigenvalue weighted by Gasteiger charge is -2.30. The van der Waals surface area contributed by atoms with Crippen LogP contribution in [0.5, 0.6) is 0 Å². The maximum absolute atomic E-state index is 5.75. The minimum Gasteiger partial charge on any atom is -0.327 e. The van der Waals surface area contributed by atoms with E-state index in [4.69, 9.17) is 11.5 Å². The molecule has 9 heavy (non-hydrogen) atoms. The first-order valence-corrected chi connectivity index (χ1v) is 3.56. The Morgan fingerprint density at radius 2 is 1.67 bits per heavy atom. The third-order valence-corrected chi connectivity index (χ3v) is 2.20. The Labute approximate surface area is 56.6 Å². The van der Waals surface area contributed by atoms with E-state index in [0.717, 1.165) is 12.8 Å². The van der Waals surface area contributed by atoms with Crippen LogP contribution >= 0.6 is 0 Å². The Morgan fingerprint density at radius 3 is 2.00 bits per heavy atom. The highest BCUT2D eigenvalue weighted by Gasteiger charge is 2.24. The van der Waals surface area contributed by atoms with Gasteiger partial charge in [0.2, 0.25) is 0 Å². The van der Waals surface area contributed by atoms with Crippen molar-refractivity contribution < 1.29 is 0 Å². The lowest BCUT2D eigenvalue weighted by molar-refractivity contribution is 0.429. The molecule has 0 spiro atoms. The summed E-state index contributed by atoms with van der Waals surface area (Å²) in [5, 5.41) is 0. The van der Waals surface area contributed by atoms with Crippen LogP contribution in [0.1, 0.15) is 26.2 Å². The summed E-state index contributed by atoms with van der Waals surface area (Å²) >= 11 is 0. The number of nitrogens with two attached hydrogens (primary N) is 2. The summed E-state index contributed by atoms with van der Waals surface area (Å²) in [6, 6.07) is 0.544. The lowest BCUT2D eigenvalue weighted by Crippen LogP contribution is -2.42. The monoisotopic (exact) mass is 127 g/mol. The molecule has 0 aliphatic heterocycles. The predicted molar refractivity (Wildman–Crippen MR) is 38.7 cm³/mol. The van der Waals surface area contributed by atoms with E-state index in [0.29, 0.717) is 0 Å². The average molecular weight is 127 g/mol. The SMILES string of the molecule is C[C]1C(N)CCCC1N. The van der Waals surface area contributed by atoms with Gasteiger partial charge in [0, 0.05) is 18.0 Å². The van der Waals surface area contributed by atoms with E-state index >= 15 is 0 Å². The van der Waals surface area contributed by atoms with Crippen molar-refractivity contribution in [2.45, 2.75) is 38.3 Å². The second-order valence-electron chi connectivity index (χ2n) is 2.89. The fourth-order valence-electron chi connectivity index (χ4n) is 1.29. The summed E-state index contributed by atoms with van der Waals surface area (Å²) in [6.45, 7) is 2.06. The molecule has 0 aromatic rings. The molecule has 1 radical (unpaired) electrons. The molecule has 2 heteroatoms. The van der Waals surface area contributed by atoms with Crippen molar-refractivity contribution >= 4 is 0 Å². The first-order chi connectivity index (χ1) is 4.22. The smallest absolute Gasteiger partial charge is 0.0114 e. The van der Waals surface area contributed by atoms with Crippen LogP contribution in [-0.4, -0.2) is 12.1 Å². The fourth-order valence-corrected chi connectivity index (χ4v) is 1.29. The predicted octanol–water partition coefficient (Wildman–Crippen LogP) is 0.419. The zero-order valence-corrected chi connectivity index (χ0v) is 5.93. The van der Waals surface area contributed by atoms with Gasteiger partial charge in [0.1, 0.15) is 0 Å². The summed E-state index contributed by atoms with van der Waals surface area (Å²) in [5.74, 6) is 1.28. The molecule has 0 aromatic heterocycles. The van der Waals surface area contributed by atoms with Crippen LogP contribution in [0.3, 0.4) is 0 Å². The molecule has 2 atom stereocenters.